The number of amides is 1. The second-order valence-corrected chi connectivity index (χ2v) is 12.2. The minimum absolute atomic E-state index is 0.00863. The maximum absolute atomic E-state index is 13.5. The third-order valence-electron chi connectivity index (χ3n) is 6.96. The molecule has 2 fully saturated rings. The van der Waals surface area contributed by atoms with Crippen molar-refractivity contribution in [1.29, 1.82) is 0 Å². The number of hydrogen-bond acceptors (Lipinski definition) is 10. The van der Waals surface area contributed by atoms with Crippen LogP contribution in [0.5, 0.6) is 5.75 Å². The fourth-order valence-corrected chi connectivity index (χ4v) is 5.99. The van der Waals surface area contributed by atoms with E-state index < -0.39 is 29.6 Å². The predicted octanol–water partition coefficient (Wildman–Crippen LogP) is 6.25. The van der Waals surface area contributed by atoms with Crippen molar-refractivity contribution in [2.75, 3.05) is 39.4 Å². The van der Waals surface area contributed by atoms with Crippen LogP contribution in [0.15, 0.2) is 57.9 Å². The van der Waals surface area contributed by atoms with Crippen LogP contribution in [0.4, 0.5) is 13.2 Å². The summed E-state index contributed by atoms with van der Waals surface area (Å²) in [7, 11) is 0. The van der Waals surface area contributed by atoms with Crippen LogP contribution in [0.2, 0.25) is 5.02 Å². The number of oxazole rings is 1. The Morgan fingerprint density at radius 2 is 1.87 bits per heavy atom. The molecule has 16 heteroatoms. The molecule has 2 saturated heterocycles. The van der Waals surface area contributed by atoms with E-state index in [9.17, 15) is 27.6 Å². The summed E-state index contributed by atoms with van der Waals surface area (Å²) >= 11 is 12.6. The molecule has 2 aliphatic heterocycles. The second kappa shape index (κ2) is 14.8. The summed E-state index contributed by atoms with van der Waals surface area (Å²) in [6, 6.07) is 8.08. The first kappa shape index (κ1) is 34.3. The summed E-state index contributed by atoms with van der Waals surface area (Å²) in [5.41, 5.74) is -0.725. The van der Waals surface area contributed by atoms with Crippen molar-refractivity contribution < 1.29 is 46.6 Å². The van der Waals surface area contributed by atoms with Crippen molar-refractivity contribution in [3.05, 3.63) is 81.0 Å². The monoisotopic (exact) mass is 707 g/mol. The molecule has 0 unspecified atom stereocenters. The van der Waals surface area contributed by atoms with Gasteiger partial charge in [0.05, 0.1) is 46.3 Å². The van der Waals surface area contributed by atoms with Gasteiger partial charge in [0.2, 0.25) is 5.89 Å². The first-order chi connectivity index (χ1) is 22.4. The Hall–Kier alpha value is -4.02. The molecule has 5 rings (SSSR count). The van der Waals surface area contributed by atoms with Gasteiger partial charge in [-0.05, 0) is 48.5 Å². The number of morpholine rings is 1. The molecule has 3 heterocycles. The van der Waals surface area contributed by atoms with Gasteiger partial charge in [0.1, 0.15) is 15.8 Å². The predicted molar refractivity (Wildman–Crippen MR) is 172 cm³/mol. The number of hydrogen-bond donors (Lipinski definition) is 1. The van der Waals surface area contributed by atoms with E-state index in [0.29, 0.717) is 19.8 Å². The summed E-state index contributed by atoms with van der Waals surface area (Å²) < 4.78 is 57.0. The summed E-state index contributed by atoms with van der Waals surface area (Å²) in [4.78, 5) is 44.7. The van der Waals surface area contributed by atoms with E-state index in [-0.39, 0.29) is 61.4 Å². The normalized spacial score (nSPS) is 16.9. The minimum Gasteiger partial charge on any atom is -0.478 e. The van der Waals surface area contributed by atoms with E-state index in [1.807, 2.05) is 6.08 Å². The van der Waals surface area contributed by atoms with Gasteiger partial charge >= 0.3 is 18.1 Å². The summed E-state index contributed by atoms with van der Waals surface area (Å²) in [6.07, 6.45) is 0.0329. The van der Waals surface area contributed by atoms with Crippen LogP contribution in [-0.2, 0) is 20.5 Å². The number of carboxylic acids is 1. The minimum atomic E-state index is -4.62. The number of benzene rings is 2. The van der Waals surface area contributed by atoms with Crippen molar-refractivity contribution in [3.63, 3.8) is 0 Å². The number of carbonyl (C=O) groups excluding carboxylic acids is 2. The number of thiocarbonyl (C=S) groups is 1. The van der Waals surface area contributed by atoms with Crippen LogP contribution in [0, 0.1) is 0 Å². The maximum Gasteiger partial charge on any atom is 0.416 e. The third kappa shape index (κ3) is 8.67. The molecular weight excluding hydrogens is 683 g/mol. The summed E-state index contributed by atoms with van der Waals surface area (Å²) in [6.45, 7) is 3.11. The Balaban J connectivity index is 1.35. The molecule has 2 aromatic carbocycles. The third-order valence-corrected chi connectivity index (χ3v) is 8.66. The number of thioether (sulfide) groups is 1. The van der Waals surface area contributed by atoms with Crippen molar-refractivity contribution in [1.82, 2.24) is 14.8 Å². The number of rotatable bonds is 10. The molecule has 0 bridgehead atoms. The van der Waals surface area contributed by atoms with E-state index in [1.165, 1.54) is 35.2 Å². The number of ether oxygens (including phenoxy) is 2. The van der Waals surface area contributed by atoms with E-state index in [0.717, 1.165) is 43.1 Å². The van der Waals surface area contributed by atoms with Gasteiger partial charge in [0.25, 0.3) is 5.91 Å². The van der Waals surface area contributed by atoms with Gasteiger partial charge in [0.15, 0.2) is 5.76 Å². The van der Waals surface area contributed by atoms with Crippen LogP contribution in [0.1, 0.15) is 33.8 Å². The number of alkyl halides is 3. The van der Waals surface area contributed by atoms with Crippen LogP contribution in [-0.4, -0.2) is 81.4 Å². The molecule has 1 aromatic heterocycles. The van der Waals surface area contributed by atoms with Crippen molar-refractivity contribution in [2.24, 2.45) is 0 Å². The van der Waals surface area contributed by atoms with Gasteiger partial charge in [-0.1, -0.05) is 41.7 Å². The van der Waals surface area contributed by atoms with Gasteiger partial charge in [-0.3, -0.25) is 19.4 Å². The number of aromatic nitrogens is 1. The lowest BCUT2D eigenvalue weighted by Gasteiger charge is -2.25. The van der Waals surface area contributed by atoms with Crippen LogP contribution < -0.4 is 4.74 Å². The van der Waals surface area contributed by atoms with E-state index in [4.69, 9.17) is 42.8 Å². The molecule has 0 radical (unpaired) electrons. The average molecular weight is 708 g/mol. The van der Waals surface area contributed by atoms with E-state index in [1.54, 1.807) is 6.08 Å². The molecular formula is C31H25ClF3N3O7S2. The lowest BCUT2D eigenvalue weighted by Crippen LogP contribution is -2.36. The molecule has 47 heavy (non-hydrogen) atoms. The molecule has 10 nitrogen and oxygen atoms in total. The van der Waals surface area contributed by atoms with Crippen LogP contribution in [0.25, 0.3) is 23.6 Å². The van der Waals surface area contributed by atoms with Crippen LogP contribution >= 0.6 is 35.6 Å². The van der Waals surface area contributed by atoms with E-state index >= 15 is 0 Å². The Morgan fingerprint density at radius 3 is 2.55 bits per heavy atom. The Kier molecular flexibility index (Phi) is 10.8. The fourth-order valence-electron chi connectivity index (χ4n) is 4.51. The van der Waals surface area contributed by atoms with Gasteiger partial charge in [-0.25, -0.2) is 9.78 Å². The summed E-state index contributed by atoms with van der Waals surface area (Å²) in [5, 5.41) is 9.00. The van der Waals surface area contributed by atoms with Gasteiger partial charge < -0.3 is 19.0 Å². The zero-order valence-electron chi connectivity index (χ0n) is 24.3. The standard InChI is InChI=1S/C31H25ClF3N3O7S2/c32-22-8-5-19(31(33,34)35)16-21(22)27-36-23(2-1-10-37-12-14-43-15-13-37)24(45-27)17-25-28(40)38(30(46)47-25)11-9-26(39)44-20-6-3-18(4-7-20)29(41)42/h1-8,16-17H,9-15H2,(H,41,42). The number of halogens is 4. The fraction of sp³-hybridized carbons (Fsp3) is 0.258. The van der Waals surface area contributed by atoms with Crippen molar-refractivity contribution >= 4 is 69.9 Å². The zero-order valence-corrected chi connectivity index (χ0v) is 26.7. The quantitative estimate of drug-likeness (QED) is 0.111. The number of aromatic carboxylic acids is 1. The SMILES string of the molecule is O=C(CCN1C(=O)C(=Cc2oc(-c3cc(C(F)(F)F)ccc3Cl)nc2C=CCN2CCOCC2)SC1=S)Oc1ccc(C(=O)O)cc1. The smallest absolute Gasteiger partial charge is 0.416 e. The molecule has 2 aliphatic rings. The Bertz CT molecular complexity index is 1750. The zero-order chi connectivity index (χ0) is 33.7. The highest BCUT2D eigenvalue weighted by Gasteiger charge is 2.34. The second-order valence-electron chi connectivity index (χ2n) is 10.2. The molecule has 0 atom stereocenters. The highest BCUT2D eigenvalue weighted by molar-refractivity contribution is 8.26. The lowest BCUT2D eigenvalue weighted by molar-refractivity contribution is -0.137. The molecule has 246 valence electrons. The van der Waals surface area contributed by atoms with E-state index in [2.05, 4.69) is 9.88 Å². The van der Waals surface area contributed by atoms with Gasteiger partial charge in [-0.2, -0.15) is 13.2 Å². The van der Waals surface area contributed by atoms with Crippen LogP contribution in [0.3, 0.4) is 0 Å². The molecule has 3 aromatic rings. The first-order valence-electron chi connectivity index (χ1n) is 14.0. The maximum atomic E-state index is 13.5. The highest BCUT2D eigenvalue weighted by atomic mass is 35.5. The molecule has 0 saturated carbocycles. The molecule has 1 amide bonds. The van der Waals surface area contributed by atoms with Gasteiger partial charge in [-0.15, -0.1) is 0 Å². The first-order valence-corrected chi connectivity index (χ1v) is 15.6. The molecule has 0 spiro atoms. The topological polar surface area (TPSA) is 122 Å². The number of carboxylic acid groups (broad SMARTS) is 1. The average Bonchev–Trinajstić information content (AvgIpc) is 3.55. The molecule has 1 N–H and O–H groups in total. The Labute approximate surface area is 280 Å². The van der Waals surface area contributed by atoms with Crippen molar-refractivity contribution in [3.8, 4) is 17.2 Å². The Morgan fingerprint density at radius 1 is 1.15 bits per heavy atom. The largest absolute Gasteiger partial charge is 0.478 e. The number of esters is 1. The highest BCUT2D eigenvalue weighted by Crippen LogP contribution is 2.38. The van der Waals surface area contributed by atoms with Crippen molar-refractivity contribution in [2.45, 2.75) is 12.6 Å². The number of nitrogens with zero attached hydrogens (tertiary/aromatic N) is 3. The van der Waals surface area contributed by atoms with Gasteiger partial charge in [0, 0.05) is 32.3 Å². The molecule has 0 aliphatic carbocycles. The summed E-state index contributed by atoms with van der Waals surface area (Å²) in [5.74, 6) is -2.25. The number of carbonyl (C=O) groups is 3. The lowest BCUT2D eigenvalue weighted by atomic mass is 10.1.